The summed E-state index contributed by atoms with van der Waals surface area (Å²) in [5.74, 6) is -0.209. The number of aliphatic hydroxyl groups is 1. The molecule has 2 aliphatic rings. The Hall–Kier alpha value is -1.92. The molecule has 0 bridgehead atoms. The van der Waals surface area contributed by atoms with Gasteiger partial charge >= 0.3 is 0 Å². The van der Waals surface area contributed by atoms with Gasteiger partial charge in [-0.2, -0.15) is 0 Å². The predicted octanol–water partition coefficient (Wildman–Crippen LogP) is 0.996. The van der Waals surface area contributed by atoms with Gasteiger partial charge in [-0.15, -0.1) is 0 Å². The summed E-state index contributed by atoms with van der Waals surface area (Å²) < 4.78 is 0. The number of amides is 2. The van der Waals surface area contributed by atoms with Gasteiger partial charge < -0.3 is 15.3 Å². The van der Waals surface area contributed by atoms with Crippen molar-refractivity contribution in [1.29, 1.82) is 0 Å². The fourth-order valence-electron chi connectivity index (χ4n) is 3.81. The second-order valence-electron chi connectivity index (χ2n) is 7.12. The molecule has 0 aliphatic carbocycles. The standard InChI is InChI=1S/C19H27N3O3/c1-20-17(23)16-7-5-15(6-8-16)13-21-10-4-9-19(25,14-21)18(24)22-11-2-3-12-22/h5-8,25H,2-4,9-14H2,1H3,(H,20,23)/t19-/m0/s1. The molecule has 0 aromatic heterocycles. The molecule has 2 amide bonds. The van der Waals surface area contributed by atoms with E-state index in [4.69, 9.17) is 0 Å². The zero-order valence-corrected chi connectivity index (χ0v) is 14.8. The molecule has 2 N–H and O–H groups in total. The number of carbonyl (C=O) groups excluding carboxylic acids is 2. The van der Waals surface area contributed by atoms with Crippen molar-refractivity contribution in [1.82, 2.24) is 15.1 Å². The van der Waals surface area contributed by atoms with Gasteiger partial charge in [0.2, 0.25) is 0 Å². The molecule has 0 radical (unpaired) electrons. The van der Waals surface area contributed by atoms with E-state index < -0.39 is 5.60 Å². The Labute approximate surface area is 148 Å². The summed E-state index contributed by atoms with van der Waals surface area (Å²) in [4.78, 5) is 28.2. The van der Waals surface area contributed by atoms with E-state index in [0.29, 0.717) is 25.1 Å². The number of β-amino-alcohol motifs (C(OH)–C–C–N with tert-alkyl or cyclic N) is 1. The molecule has 1 atom stereocenters. The van der Waals surface area contributed by atoms with Crippen molar-refractivity contribution < 1.29 is 14.7 Å². The van der Waals surface area contributed by atoms with E-state index >= 15 is 0 Å². The highest BCUT2D eigenvalue weighted by atomic mass is 16.3. The molecule has 0 spiro atoms. The van der Waals surface area contributed by atoms with Crippen LogP contribution in [0.2, 0.25) is 0 Å². The third-order valence-electron chi connectivity index (χ3n) is 5.19. The number of nitrogens with zero attached hydrogens (tertiary/aromatic N) is 2. The van der Waals surface area contributed by atoms with Gasteiger partial charge in [0, 0.05) is 38.8 Å². The maximum Gasteiger partial charge on any atom is 0.255 e. The van der Waals surface area contributed by atoms with Gasteiger partial charge in [0.15, 0.2) is 5.60 Å². The molecule has 2 fully saturated rings. The first-order chi connectivity index (χ1) is 12.0. The highest BCUT2D eigenvalue weighted by Gasteiger charge is 2.43. The molecule has 6 nitrogen and oxygen atoms in total. The van der Waals surface area contributed by atoms with Crippen molar-refractivity contribution in [3.8, 4) is 0 Å². The molecular formula is C19H27N3O3. The van der Waals surface area contributed by atoms with Gasteiger partial charge in [0.1, 0.15) is 0 Å². The monoisotopic (exact) mass is 345 g/mol. The van der Waals surface area contributed by atoms with Crippen molar-refractivity contribution in [2.24, 2.45) is 0 Å². The van der Waals surface area contributed by atoms with Crippen LogP contribution in [0.5, 0.6) is 0 Å². The van der Waals surface area contributed by atoms with Crippen LogP contribution < -0.4 is 5.32 Å². The predicted molar refractivity (Wildman–Crippen MR) is 95.1 cm³/mol. The van der Waals surface area contributed by atoms with Crippen molar-refractivity contribution >= 4 is 11.8 Å². The van der Waals surface area contributed by atoms with Crippen LogP contribution in [-0.2, 0) is 11.3 Å². The highest BCUT2D eigenvalue weighted by molar-refractivity contribution is 5.93. The first kappa shape index (κ1) is 17.9. The first-order valence-electron chi connectivity index (χ1n) is 9.07. The van der Waals surface area contributed by atoms with Crippen molar-refractivity contribution in [2.45, 2.75) is 37.8 Å². The molecule has 6 heteroatoms. The Balaban J connectivity index is 1.63. The molecule has 1 aromatic rings. The molecule has 2 saturated heterocycles. The zero-order valence-electron chi connectivity index (χ0n) is 14.8. The average molecular weight is 345 g/mol. The average Bonchev–Trinajstić information content (AvgIpc) is 3.15. The lowest BCUT2D eigenvalue weighted by Crippen LogP contribution is -2.57. The third-order valence-corrected chi connectivity index (χ3v) is 5.19. The minimum absolute atomic E-state index is 0.102. The summed E-state index contributed by atoms with van der Waals surface area (Å²) in [5, 5.41) is 13.5. The number of likely N-dealkylation sites (tertiary alicyclic amines) is 2. The second-order valence-corrected chi connectivity index (χ2v) is 7.12. The van der Waals surface area contributed by atoms with Crippen LogP contribution in [0, 0.1) is 0 Å². The van der Waals surface area contributed by atoms with Crippen LogP contribution in [-0.4, -0.2) is 65.5 Å². The van der Waals surface area contributed by atoms with E-state index in [1.807, 2.05) is 17.0 Å². The minimum atomic E-state index is -1.26. The third kappa shape index (κ3) is 4.02. The van der Waals surface area contributed by atoms with E-state index in [1.54, 1.807) is 19.2 Å². The summed E-state index contributed by atoms with van der Waals surface area (Å²) >= 11 is 0. The van der Waals surface area contributed by atoms with Gasteiger partial charge in [-0.1, -0.05) is 12.1 Å². The topological polar surface area (TPSA) is 72.9 Å². The Morgan fingerprint density at radius 2 is 1.80 bits per heavy atom. The Kier molecular flexibility index (Phi) is 5.39. The van der Waals surface area contributed by atoms with Crippen LogP contribution >= 0.6 is 0 Å². The van der Waals surface area contributed by atoms with Crippen molar-refractivity contribution in [2.75, 3.05) is 33.2 Å². The lowest BCUT2D eigenvalue weighted by atomic mass is 9.91. The van der Waals surface area contributed by atoms with Crippen molar-refractivity contribution in [3.63, 3.8) is 0 Å². The molecule has 1 aromatic carbocycles. The molecule has 25 heavy (non-hydrogen) atoms. The summed E-state index contributed by atoms with van der Waals surface area (Å²) in [5.41, 5.74) is 0.445. The fraction of sp³-hybridized carbons (Fsp3) is 0.579. The molecule has 136 valence electrons. The van der Waals surface area contributed by atoms with E-state index in [-0.39, 0.29) is 11.8 Å². The lowest BCUT2D eigenvalue weighted by Gasteiger charge is -2.40. The van der Waals surface area contributed by atoms with Gasteiger partial charge in [0.25, 0.3) is 11.8 Å². The highest BCUT2D eigenvalue weighted by Crippen LogP contribution is 2.26. The number of piperidine rings is 1. The number of hydrogen-bond acceptors (Lipinski definition) is 4. The number of benzene rings is 1. The Morgan fingerprint density at radius 1 is 1.12 bits per heavy atom. The number of hydrogen-bond donors (Lipinski definition) is 2. The molecule has 3 rings (SSSR count). The maximum absolute atomic E-state index is 12.7. The minimum Gasteiger partial charge on any atom is -0.379 e. The van der Waals surface area contributed by atoms with Gasteiger partial charge in [-0.05, 0) is 49.9 Å². The van der Waals surface area contributed by atoms with Crippen molar-refractivity contribution in [3.05, 3.63) is 35.4 Å². The largest absolute Gasteiger partial charge is 0.379 e. The van der Waals surface area contributed by atoms with Crippen LogP contribution in [0.1, 0.15) is 41.6 Å². The normalized spacial score (nSPS) is 24.3. The number of nitrogens with one attached hydrogen (secondary N) is 1. The Bertz CT molecular complexity index is 625. The van der Waals surface area contributed by atoms with E-state index in [0.717, 1.165) is 44.5 Å². The van der Waals surface area contributed by atoms with Crippen LogP contribution in [0.25, 0.3) is 0 Å². The van der Waals surface area contributed by atoms with Crippen LogP contribution in [0.3, 0.4) is 0 Å². The number of carbonyl (C=O) groups is 2. The summed E-state index contributed by atoms with van der Waals surface area (Å²) in [7, 11) is 1.61. The molecule has 0 saturated carbocycles. The van der Waals surface area contributed by atoms with Crippen LogP contribution in [0.15, 0.2) is 24.3 Å². The second kappa shape index (κ2) is 7.54. The first-order valence-corrected chi connectivity index (χ1v) is 9.07. The van der Waals surface area contributed by atoms with E-state index in [1.165, 1.54) is 0 Å². The van der Waals surface area contributed by atoms with Crippen LogP contribution in [0.4, 0.5) is 0 Å². The lowest BCUT2D eigenvalue weighted by molar-refractivity contribution is -0.156. The smallest absolute Gasteiger partial charge is 0.255 e. The SMILES string of the molecule is CNC(=O)c1ccc(CN2CCC[C@@](O)(C(=O)N3CCCC3)C2)cc1. The quantitative estimate of drug-likeness (QED) is 0.854. The van der Waals surface area contributed by atoms with Gasteiger partial charge in [-0.3, -0.25) is 14.5 Å². The summed E-state index contributed by atoms with van der Waals surface area (Å²) in [6.45, 7) is 3.44. The number of rotatable bonds is 4. The maximum atomic E-state index is 12.7. The van der Waals surface area contributed by atoms with Gasteiger partial charge in [0.05, 0.1) is 0 Å². The molecule has 2 heterocycles. The molecular weight excluding hydrogens is 318 g/mol. The zero-order chi connectivity index (χ0) is 17.9. The summed E-state index contributed by atoms with van der Waals surface area (Å²) in [6, 6.07) is 7.47. The fourth-order valence-corrected chi connectivity index (χ4v) is 3.81. The molecule has 2 aliphatic heterocycles. The van der Waals surface area contributed by atoms with Gasteiger partial charge in [-0.25, -0.2) is 0 Å². The van der Waals surface area contributed by atoms with E-state index in [2.05, 4.69) is 10.2 Å². The molecule has 0 unspecified atom stereocenters. The van der Waals surface area contributed by atoms with E-state index in [9.17, 15) is 14.7 Å². The Morgan fingerprint density at radius 3 is 2.44 bits per heavy atom. The summed E-state index contributed by atoms with van der Waals surface area (Å²) in [6.07, 6.45) is 3.41.